The normalized spacial score (nSPS) is 24.7. The SMILES string of the molecule is CCCCC1CCCN(C[C@@H]2CCCC[C@H]2NC(=O)c2ccc(-n3cccn3)cc2)C1. The number of piperidine rings is 1. The van der Waals surface area contributed by atoms with Crippen LogP contribution < -0.4 is 5.32 Å². The lowest BCUT2D eigenvalue weighted by molar-refractivity contribution is 0.0853. The number of nitrogens with zero attached hydrogens (tertiary/aromatic N) is 3. The summed E-state index contributed by atoms with van der Waals surface area (Å²) < 4.78 is 1.81. The summed E-state index contributed by atoms with van der Waals surface area (Å²) in [6, 6.07) is 9.94. The third-order valence-electron chi connectivity index (χ3n) is 7.19. The molecule has 5 nitrogen and oxygen atoms in total. The smallest absolute Gasteiger partial charge is 0.251 e. The molecule has 2 aliphatic rings. The van der Waals surface area contributed by atoms with Crippen LogP contribution in [0.3, 0.4) is 0 Å². The molecule has 168 valence electrons. The topological polar surface area (TPSA) is 50.2 Å². The van der Waals surface area contributed by atoms with Crippen molar-refractivity contribution in [3.05, 3.63) is 48.3 Å². The van der Waals surface area contributed by atoms with Crippen molar-refractivity contribution in [1.29, 1.82) is 0 Å². The molecule has 31 heavy (non-hydrogen) atoms. The third kappa shape index (κ3) is 5.97. The summed E-state index contributed by atoms with van der Waals surface area (Å²) in [6.45, 7) is 5.92. The number of nitrogens with one attached hydrogen (secondary N) is 1. The van der Waals surface area contributed by atoms with Gasteiger partial charge < -0.3 is 10.2 Å². The fraction of sp³-hybridized carbons (Fsp3) is 0.615. The van der Waals surface area contributed by atoms with Gasteiger partial charge in [0, 0.05) is 37.1 Å². The predicted octanol–water partition coefficient (Wildman–Crippen LogP) is 5.06. The van der Waals surface area contributed by atoms with E-state index in [1.54, 1.807) is 6.20 Å². The number of likely N-dealkylation sites (tertiary alicyclic amines) is 1. The molecule has 1 saturated heterocycles. The highest BCUT2D eigenvalue weighted by Crippen LogP contribution is 2.28. The number of aromatic nitrogens is 2. The number of hydrogen-bond donors (Lipinski definition) is 1. The summed E-state index contributed by atoms with van der Waals surface area (Å²) in [5, 5.41) is 7.64. The number of hydrogen-bond acceptors (Lipinski definition) is 3. The van der Waals surface area contributed by atoms with Gasteiger partial charge in [0.1, 0.15) is 0 Å². The second-order valence-corrected chi connectivity index (χ2v) is 9.53. The van der Waals surface area contributed by atoms with Crippen molar-refractivity contribution in [3.63, 3.8) is 0 Å². The first kappa shape index (κ1) is 22.1. The number of carbonyl (C=O) groups is 1. The van der Waals surface area contributed by atoms with E-state index in [-0.39, 0.29) is 5.91 Å². The van der Waals surface area contributed by atoms with E-state index in [2.05, 4.69) is 22.2 Å². The highest BCUT2D eigenvalue weighted by molar-refractivity contribution is 5.94. The highest BCUT2D eigenvalue weighted by Gasteiger charge is 2.30. The van der Waals surface area contributed by atoms with E-state index >= 15 is 0 Å². The summed E-state index contributed by atoms with van der Waals surface area (Å²) in [7, 11) is 0. The van der Waals surface area contributed by atoms with Crippen molar-refractivity contribution in [2.75, 3.05) is 19.6 Å². The molecular weight excluding hydrogens is 384 g/mol. The van der Waals surface area contributed by atoms with E-state index in [1.807, 2.05) is 41.2 Å². The lowest BCUT2D eigenvalue weighted by Crippen LogP contribution is -2.48. The summed E-state index contributed by atoms with van der Waals surface area (Å²) >= 11 is 0. The van der Waals surface area contributed by atoms with Crippen LogP contribution in [0.5, 0.6) is 0 Å². The van der Waals surface area contributed by atoms with Gasteiger partial charge in [-0.3, -0.25) is 4.79 Å². The van der Waals surface area contributed by atoms with Gasteiger partial charge in [0.15, 0.2) is 0 Å². The summed E-state index contributed by atoms with van der Waals surface area (Å²) in [4.78, 5) is 15.7. The van der Waals surface area contributed by atoms with Gasteiger partial charge in [-0.05, 0) is 80.8 Å². The molecule has 2 fully saturated rings. The van der Waals surface area contributed by atoms with Crippen molar-refractivity contribution < 1.29 is 4.79 Å². The summed E-state index contributed by atoms with van der Waals surface area (Å²) in [5.41, 5.74) is 1.71. The molecule has 1 unspecified atom stereocenters. The van der Waals surface area contributed by atoms with Gasteiger partial charge in [0.2, 0.25) is 0 Å². The Balaban J connectivity index is 1.33. The number of benzene rings is 1. The second kappa shape index (κ2) is 10.9. The number of unbranched alkanes of at least 4 members (excludes halogenated alkanes) is 1. The average molecular weight is 423 g/mol. The van der Waals surface area contributed by atoms with Crippen molar-refractivity contribution in [2.24, 2.45) is 11.8 Å². The van der Waals surface area contributed by atoms with Crippen molar-refractivity contribution in [3.8, 4) is 5.69 Å². The van der Waals surface area contributed by atoms with Crippen LogP contribution >= 0.6 is 0 Å². The Morgan fingerprint density at radius 1 is 1.13 bits per heavy atom. The first-order valence-corrected chi connectivity index (χ1v) is 12.4. The van der Waals surface area contributed by atoms with Gasteiger partial charge in [-0.15, -0.1) is 0 Å². The second-order valence-electron chi connectivity index (χ2n) is 9.53. The van der Waals surface area contributed by atoms with Gasteiger partial charge in [-0.1, -0.05) is 32.6 Å². The van der Waals surface area contributed by atoms with Crippen LogP contribution in [0.2, 0.25) is 0 Å². The van der Waals surface area contributed by atoms with E-state index in [4.69, 9.17) is 0 Å². The highest BCUT2D eigenvalue weighted by atomic mass is 16.1. The Kier molecular flexibility index (Phi) is 7.79. The maximum atomic E-state index is 13.0. The molecular formula is C26H38N4O. The van der Waals surface area contributed by atoms with Crippen LogP contribution in [0.1, 0.15) is 75.1 Å². The molecule has 1 saturated carbocycles. The molecule has 1 amide bonds. The zero-order chi connectivity index (χ0) is 21.5. The van der Waals surface area contributed by atoms with E-state index in [0.29, 0.717) is 12.0 Å². The number of rotatable bonds is 8. The molecule has 5 heteroatoms. The Morgan fingerprint density at radius 3 is 2.74 bits per heavy atom. The zero-order valence-corrected chi connectivity index (χ0v) is 19.0. The van der Waals surface area contributed by atoms with Gasteiger partial charge in [-0.2, -0.15) is 5.10 Å². The van der Waals surface area contributed by atoms with Crippen LogP contribution in [0.4, 0.5) is 0 Å². The maximum absolute atomic E-state index is 13.0. The minimum atomic E-state index is 0.0587. The molecule has 1 aromatic heterocycles. The lowest BCUT2D eigenvalue weighted by atomic mass is 9.83. The van der Waals surface area contributed by atoms with Gasteiger partial charge in [-0.25, -0.2) is 4.68 Å². The van der Waals surface area contributed by atoms with Gasteiger partial charge in [0.05, 0.1) is 5.69 Å². The van der Waals surface area contributed by atoms with Crippen LogP contribution in [0.15, 0.2) is 42.7 Å². The Hall–Kier alpha value is -2.14. The first-order valence-electron chi connectivity index (χ1n) is 12.4. The molecule has 2 heterocycles. The van der Waals surface area contributed by atoms with E-state index in [9.17, 15) is 4.79 Å². The van der Waals surface area contributed by atoms with Crippen LogP contribution in [-0.2, 0) is 0 Å². The zero-order valence-electron chi connectivity index (χ0n) is 19.0. The molecule has 1 aliphatic carbocycles. The van der Waals surface area contributed by atoms with E-state index < -0.39 is 0 Å². The van der Waals surface area contributed by atoms with Crippen molar-refractivity contribution in [2.45, 2.75) is 70.8 Å². The molecule has 0 radical (unpaired) electrons. The van der Waals surface area contributed by atoms with E-state index in [0.717, 1.165) is 30.1 Å². The van der Waals surface area contributed by atoms with Crippen LogP contribution in [0, 0.1) is 11.8 Å². The number of carbonyl (C=O) groups excluding carboxylic acids is 1. The molecule has 0 spiro atoms. The molecule has 4 rings (SSSR count). The maximum Gasteiger partial charge on any atom is 0.251 e. The first-order chi connectivity index (χ1) is 15.2. The predicted molar refractivity (Wildman–Crippen MR) is 125 cm³/mol. The van der Waals surface area contributed by atoms with Crippen molar-refractivity contribution >= 4 is 5.91 Å². The third-order valence-corrected chi connectivity index (χ3v) is 7.19. The van der Waals surface area contributed by atoms with E-state index in [1.165, 1.54) is 64.5 Å². The minimum Gasteiger partial charge on any atom is -0.349 e. The quantitative estimate of drug-likeness (QED) is 0.647. The monoisotopic (exact) mass is 422 g/mol. The fourth-order valence-corrected chi connectivity index (χ4v) is 5.43. The Bertz CT molecular complexity index is 801. The molecule has 1 aromatic carbocycles. The van der Waals surface area contributed by atoms with Gasteiger partial charge >= 0.3 is 0 Å². The minimum absolute atomic E-state index is 0.0587. The molecule has 0 bridgehead atoms. The standard InChI is InChI=1S/C26H38N4O/c1-2-3-8-21-9-6-17-29(19-21)20-23-10-4-5-11-25(23)28-26(31)22-12-14-24(15-13-22)30-18-7-16-27-30/h7,12-16,18,21,23,25H,2-6,8-11,17,19-20H2,1H3,(H,28,31)/t21?,23-,25+/m0/s1. The Morgan fingerprint density at radius 2 is 1.97 bits per heavy atom. The lowest BCUT2D eigenvalue weighted by Gasteiger charge is -2.39. The number of amides is 1. The molecule has 2 aromatic rings. The largest absolute Gasteiger partial charge is 0.349 e. The summed E-state index contributed by atoms with van der Waals surface area (Å²) in [6.07, 6.45) is 15.3. The fourth-order valence-electron chi connectivity index (χ4n) is 5.43. The molecule has 3 atom stereocenters. The summed E-state index contributed by atoms with van der Waals surface area (Å²) in [5.74, 6) is 1.51. The van der Waals surface area contributed by atoms with Crippen molar-refractivity contribution in [1.82, 2.24) is 20.0 Å². The molecule has 1 aliphatic heterocycles. The van der Waals surface area contributed by atoms with Crippen LogP contribution in [-0.4, -0.2) is 46.3 Å². The average Bonchev–Trinajstić information content (AvgIpc) is 3.34. The van der Waals surface area contributed by atoms with Gasteiger partial charge in [0.25, 0.3) is 5.91 Å². The Labute approximate surface area is 187 Å². The molecule has 1 N–H and O–H groups in total. The van der Waals surface area contributed by atoms with Crippen LogP contribution in [0.25, 0.3) is 5.69 Å².